The van der Waals surface area contributed by atoms with Gasteiger partial charge < -0.3 is 9.84 Å². The van der Waals surface area contributed by atoms with Crippen LogP contribution < -0.4 is 4.74 Å². The van der Waals surface area contributed by atoms with Gasteiger partial charge in [-0.25, -0.2) is 9.97 Å². The second kappa shape index (κ2) is 7.14. The van der Waals surface area contributed by atoms with Crippen LogP contribution in [0.3, 0.4) is 0 Å². The van der Waals surface area contributed by atoms with Crippen LogP contribution in [0.5, 0.6) is 5.88 Å². The molecule has 2 aromatic carbocycles. The Bertz CT molecular complexity index is 1200. The molecule has 0 saturated carbocycles. The van der Waals surface area contributed by atoms with E-state index in [9.17, 15) is 5.11 Å². The predicted molar refractivity (Wildman–Crippen MR) is 106 cm³/mol. The Hall–Kier alpha value is -3.69. The van der Waals surface area contributed by atoms with Crippen molar-refractivity contribution in [1.29, 1.82) is 5.26 Å². The summed E-state index contributed by atoms with van der Waals surface area (Å²) in [5.41, 5.74) is 6.52. The minimum atomic E-state index is -0.0392. The van der Waals surface area contributed by atoms with Crippen LogP contribution in [0, 0.1) is 18.3 Å². The number of nitriles is 1. The first-order chi connectivity index (χ1) is 13.7. The van der Waals surface area contributed by atoms with Crippen LogP contribution in [0.15, 0.2) is 55.0 Å². The number of benzene rings is 2. The van der Waals surface area contributed by atoms with Crippen LogP contribution >= 0.6 is 0 Å². The minimum Gasteiger partial charge on any atom is -0.479 e. The van der Waals surface area contributed by atoms with Crippen LogP contribution in [0.2, 0.25) is 0 Å². The Balaban J connectivity index is 2.05. The van der Waals surface area contributed by atoms with Crippen molar-refractivity contribution in [3.8, 4) is 34.5 Å². The maximum atomic E-state index is 9.70. The molecule has 6 nitrogen and oxygen atoms in total. The molecule has 4 aromatic rings. The number of hydrogen-bond donors (Lipinski definition) is 1. The van der Waals surface area contributed by atoms with E-state index in [4.69, 9.17) is 15.0 Å². The number of aliphatic hydroxyl groups excluding tert-OH is 1. The third-order valence-corrected chi connectivity index (χ3v) is 4.81. The van der Waals surface area contributed by atoms with Gasteiger partial charge in [0.25, 0.3) is 0 Å². The second-order valence-electron chi connectivity index (χ2n) is 6.46. The summed E-state index contributed by atoms with van der Waals surface area (Å²) in [4.78, 5) is 9.01. The molecule has 0 unspecified atom stereocenters. The van der Waals surface area contributed by atoms with E-state index in [-0.39, 0.29) is 6.61 Å². The molecule has 6 heteroatoms. The fraction of sp³-hybridized carbons (Fsp3) is 0.136. The zero-order chi connectivity index (χ0) is 19.7. The summed E-state index contributed by atoms with van der Waals surface area (Å²) in [5, 5.41) is 18.8. The molecule has 28 heavy (non-hydrogen) atoms. The topological polar surface area (TPSA) is 83.4 Å². The van der Waals surface area contributed by atoms with E-state index in [2.05, 4.69) is 11.1 Å². The van der Waals surface area contributed by atoms with E-state index in [1.165, 1.54) is 0 Å². The smallest absolute Gasteiger partial charge is 0.240 e. The molecule has 2 heterocycles. The van der Waals surface area contributed by atoms with E-state index in [0.717, 1.165) is 33.5 Å². The van der Waals surface area contributed by atoms with Crippen molar-refractivity contribution in [2.45, 2.75) is 13.5 Å². The van der Waals surface area contributed by atoms with E-state index >= 15 is 0 Å². The van der Waals surface area contributed by atoms with Gasteiger partial charge >= 0.3 is 0 Å². The van der Waals surface area contributed by atoms with Gasteiger partial charge in [0, 0.05) is 11.1 Å². The van der Waals surface area contributed by atoms with Crippen LogP contribution in [0.4, 0.5) is 0 Å². The maximum Gasteiger partial charge on any atom is 0.240 e. The summed E-state index contributed by atoms with van der Waals surface area (Å²) in [7, 11) is 1.58. The fourth-order valence-electron chi connectivity index (χ4n) is 3.28. The van der Waals surface area contributed by atoms with Crippen molar-refractivity contribution in [2.24, 2.45) is 0 Å². The van der Waals surface area contributed by atoms with Gasteiger partial charge in [-0.1, -0.05) is 24.3 Å². The third kappa shape index (κ3) is 2.88. The number of aryl methyl sites for hydroxylation is 1. The van der Waals surface area contributed by atoms with Crippen molar-refractivity contribution >= 4 is 5.52 Å². The average molecular weight is 370 g/mol. The molecule has 0 saturated heterocycles. The van der Waals surface area contributed by atoms with Crippen molar-refractivity contribution in [3.63, 3.8) is 0 Å². The number of aromatic nitrogens is 3. The largest absolute Gasteiger partial charge is 0.479 e. The van der Waals surface area contributed by atoms with Crippen molar-refractivity contribution < 1.29 is 9.84 Å². The number of hydrogen-bond acceptors (Lipinski definition) is 5. The molecule has 4 rings (SSSR count). The highest BCUT2D eigenvalue weighted by molar-refractivity contribution is 5.82. The summed E-state index contributed by atoms with van der Waals surface area (Å²) in [5.74, 6) is 0.468. The number of ether oxygens (including phenoxy) is 1. The molecular weight excluding hydrogens is 352 g/mol. The number of aliphatic hydroxyl groups is 1. The first-order valence-corrected chi connectivity index (χ1v) is 8.77. The van der Waals surface area contributed by atoms with Crippen LogP contribution in [-0.4, -0.2) is 26.6 Å². The molecule has 0 spiro atoms. The predicted octanol–water partition coefficient (Wildman–Crippen LogP) is 3.74. The molecule has 2 aromatic heterocycles. The molecule has 0 radical (unpaired) electrons. The van der Waals surface area contributed by atoms with E-state index in [0.29, 0.717) is 17.1 Å². The SMILES string of the molecule is COc1nc(-c2ccc(C#N)cc2)c(-c2ccc(C)c(CO)c2)n2cncc12. The van der Waals surface area contributed by atoms with Gasteiger partial charge in [0.05, 0.1) is 49.3 Å². The monoisotopic (exact) mass is 370 g/mol. The Labute approximate surface area is 162 Å². The van der Waals surface area contributed by atoms with Crippen LogP contribution in [0.1, 0.15) is 16.7 Å². The molecule has 0 fully saturated rings. The first kappa shape index (κ1) is 17.7. The molecule has 0 aliphatic rings. The number of methoxy groups -OCH3 is 1. The third-order valence-electron chi connectivity index (χ3n) is 4.81. The summed E-state index contributed by atoms with van der Waals surface area (Å²) >= 11 is 0. The van der Waals surface area contributed by atoms with Gasteiger partial charge in [-0.15, -0.1) is 0 Å². The zero-order valence-electron chi connectivity index (χ0n) is 15.5. The number of imidazole rings is 1. The number of nitrogens with zero attached hydrogens (tertiary/aromatic N) is 4. The average Bonchev–Trinajstić information content (AvgIpc) is 3.23. The minimum absolute atomic E-state index is 0.0392. The molecule has 0 amide bonds. The zero-order valence-corrected chi connectivity index (χ0v) is 15.5. The van der Waals surface area contributed by atoms with Gasteiger partial charge in [0.2, 0.25) is 5.88 Å². The van der Waals surface area contributed by atoms with Crippen LogP contribution in [-0.2, 0) is 6.61 Å². The Kier molecular flexibility index (Phi) is 4.52. The molecule has 1 N–H and O–H groups in total. The second-order valence-corrected chi connectivity index (χ2v) is 6.46. The standard InChI is InChI=1S/C22H18N4O2/c1-14-3-6-17(9-18(14)12-27)21-20(16-7-4-15(10-23)5-8-16)25-22(28-2)19-11-24-13-26(19)21/h3-9,11,13,27H,12H2,1-2H3. The lowest BCUT2D eigenvalue weighted by Gasteiger charge is -2.16. The van der Waals surface area contributed by atoms with Gasteiger partial charge in [-0.05, 0) is 36.2 Å². The Morgan fingerprint density at radius 2 is 1.89 bits per heavy atom. The molecule has 138 valence electrons. The van der Waals surface area contributed by atoms with Crippen molar-refractivity contribution in [2.75, 3.05) is 7.11 Å². The maximum absolute atomic E-state index is 9.70. The van der Waals surface area contributed by atoms with E-state index < -0.39 is 0 Å². The lowest BCUT2D eigenvalue weighted by atomic mass is 9.99. The summed E-state index contributed by atoms with van der Waals surface area (Å²) < 4.78 is 7.42. The van der Waals surface area contributed by atoms with Crippen LogP contribution in [0.25, 0.3) is 28.0 Å². The Morgan fingerprint density at radius 1 is 1.14 bits per heavy atom. The number of fused-ring (bicyclic) bond motifs is 1. The van der Waals surface area contributed by atoms with Gasteiger partial charge in [0.15, 0.2) is 0 Å². The summed E-state index contributed by atoms with van der Waals surface area (Å²) in [6, 6.07) is 15.3. The van der Waals surface area contributed by atoms with Crippen molar-refractivity contribution in [3.05, 3.63) is 71.7 Å². The highest BCUT2D eigenvalue weighted by Crippen LogP contribution is 2.35. The normalized spacial score (nSPS) is 10.8. The Morgan fingerprint density at radius 3 is 2.57 bits per heavy atom. The van der Waals surface area contributed by atoms with E-state index in [1.807, 2.05) is 41.7 Å². The highest BCUT2D eigenvalue weighted by Gasteiger charge is 2.18. The molecule has 0 bridgehead atoms. The quantitative estimate of drug-likeness (QED) is 0.592. The molecule has 0 aliphatic heterocycles. The number of rotatable bonds is 4. The summed E-state index contributed by atoms with van der Waals surface area (Å²) in [6.07, 6.45) is 3.43. The molecule has 0 aliphatic carbocycles. The summed E-state index contributed by atoms with van der Waals surface area (Å²) in [6.45, 7) is 1.93. The fourth-order valence-corrected chi connectivity index (χ4v) is 3.28. The van der Waals surface area contributed by atoms with Gasteiger partial charge in [0.1, 0.15) is 5.52 Å². The van der Waals surface area contributed by atoms with Gasteiger partial charge in [-0.2, -0.15) is 5.26 Å². The molecular formula is C22H18N4O2. The van der Waals surface area contributed by atoms with Crippen molar-refractivity contribution in [1.82, 2.24) is 14.4 Å². The lowest BCUT2D eigenvalue weighted by molar-refractivity contribution is 0.281. The van der Waals surface area contributed by atoms with Gasteiger partial charge in [-0.3, -0.25) is 4.40 Å². The first-order valence-electron chi connectivity index (χ1n) is 8.77. The molecule has 0 atom stereocenters. The highest BCUT2D eigenvalue weighted by atomic mass is 16.5. The lowest BCUT2D eigenvalue weighted by Crippen LogP contribution is -2.02. The van der Waals surface area contributed by atoms with E-state index in [1.54, 1.807) is 31.8 Å².